The first-order chi connectivity index (χ1) is 15.4. The zero-order valence-electron chi connectivity index (χ0n) is 16.9. The van der Waals surface area contributed by atoms with Crippen molar-refractivity contribution in [2.75, 3.05) is 6.61 Å². The number of ether oxygens (including phenoxy) is 1. The van der Waals surface area contributed by atoms with E-state index in [1.54, 1.807) is 54.6 Å². The first-order valence-electron chi connectivity index (χ1n) is 9.66. The molecule has 0 fully saturated rings. The Hall–Kier alpha value is -3.89. The van der Waals surface area contributed by atoms with Crippen LogP contribution < -0.4 is 15.8 Å². The summed E-state index contributed by atoms with van der Waals surface area (Å²) in [7, 11) is 0. The van der Waals surface area contributed by atoms with Crippen molar-refractivity contribution in [2.45, 2.75) is 13.0 Å². The molecule has 0 aliphatic carbocycles. The summed E-state index contributed by atoms with van der Waals surface area (Å²) in [6.45, 7) is 0.237. The predicted molar refractivity (Wildman–Crippen MR) is 118 cm³/mol. The van der Waals surface area contributed by atoms with Gasteiger partial charge in [0, 0.05) is 29.1 Å². The van der Waals surface area contributed by atoms with Crippen LogP contribution in [0.1, 0.15) is 37.4 Å². The number of primary amides is 1. The third-order valence-corrected chi connectivity index (χ3v) is 4.93. The van der Waals surface area contributed by atoms with Gasteiger partial charge in [-0.25, -0.2) is 4.39 Å². The van der Waals surface area contributed by atoms with Crippen molar-refractivity contribution in [2.24, 2.45) is 5.73 Å². The van der Waals surface area contributed by atoms with Crippen molar-refractivity contribution in [3.05, 3.63) is 99.3 Å². The Morgan fingerprint density at radius 2 is 1.88 bits per heavy atom. The lowest BCUT2D eigenvalue weighted by Crippen LogP contribution is -2.23. The van der Waals surface area contributed by atoms with Gasteiger partial charge in [-0.05, 0) is 42.0 Å². The van der Waals surface area contributed by atoms with Gasteiger partial charge in [-0.2, -0.15) is 5.26 Å². The van der Waals surface area contributed by atoms with Crippen LogP contribution in [0.4, 0.5) is 4.39 Å². The second-order valence-corrected chi connectivity index (χ2v) is 7.31. The lowest BCUT2D eigenvalue weighted by atomic mass is 10.1. The minimum absolute atomic E-state index is 0.0866. The van der Waals surface area contributed by atoms with Crippen LogP contribution in [0.3, 0.4) is 0 Å². The molecule has 3 N–H and O–H groups in total. The Morgan fingerprint density at radius 1 is 1.09 bits per heavy atom. The van der Waals surface area contributed by atoms with E-state index in [0.29, 0.717) is 27.5 Å². The molecule has 0 aliphatic heterocycles. The number of hydrogen-bond donors (Lipinski definition) is 2. The fourth-order valence-electron chi connectivity index (χ4n) is 3.05. The van der Waals surface area contributed by atoms with Crippen molar-refractivity contribution in [1.82, 2.24) is 5.32 Å². The zero-order valence-corrected chi connectivity index (χ0v) is 17.7. The number of nitrogens with zero attached hydrogens (tertiary/aromatic N) is 1. The quantitative estimate of drug-likeness (QED) is 0.540. The van der Waals surface area contributed by atoms with Gasteiger partial charge in [-0.15, -0.1) is 0 Å². The standard InChI is InChI=1S/C24H19ClFN3O3/c25-19-5-1-4-17(12-19)24(31)29-14-18-8-7-15(13-27)11-21(18)32-10-9-16-3-2-6-20(22(16)26)23(28)30/h1-8,11-12H,9-10,14H2,(H2,28,30)(H,29,31). The number of amides is 2. The molecule has 0 heterocycles. The summed E-state index contributed by atoms with van der Waals surface area (Å²) >= 11 is 5.93. The smallest absolute Gasteiger partial charge is 0.251 e. The number of nitriles is 1. The molecular weight excluding hydrogens is 433 g/mol. The maximum Gasteiger partial charge on any atom is 0.251 e. The summed E-state index contributed by atoms with van der Waals surface area (Å²) in [5.74, 6) is -1.44. The SMILES string of the molecule is N#Cc1ccc(CNC(=O)c2cccc(Cl)c2)c(OCCc2cccc(C(N)=O)c2F)c1. The van der Waals surface area contributed by atoms with E-state index < -0.39 is 11.7 Å². The van der Waals surface area contributed by atoms with Crippen LogP contribution in [0.2, 0.25) is 5.02 Å². The van der Waals surface area contributed by atoms with Crippen molar-refractivity contribution >= 4 is 23.4 Å². The highest BCUT2D eigenvalue weighted by molar-refractivity contribution is 6.30. The molecule has 32 heavy (non-hydrogen) atoms. The van der Waals surface area contributed by atoms with Crippen LogP contribution in [0.5, 0.6) is 5.75 Å². The summed E-state index contributed by atoms with van der Waals surface area (Å²) in [6, 6.07) is 17.9. The fraction of sp³-hybridized carbons (Fsp3) is 0.125. The number of nitrogens with one attached hydrogen (secondary N) is 1. The van der Waals surface area contributed by atoms with E-state index in [-0.39, 0.29) is 36.6 Å². The second kappa shape index (κ2) is 10.4. The lowest BCUT2D eigenvalue weighted by molar-refractivity contribution is 0.0949. The molecule has 2 amide bonds. The second-order valence-electron chi connectivity index (χ2n) is 6.87. The molecule has 0 bridgehead atoms. The first kappa shape index (κ1) is 22.8. The number of nitrogens with two attached hydrogens (primary N) is 1. The van der Waals surface area contributed by atoms with Crippen molar-refractivity contribution in [3.8, 4) is 11.8 Å². The highest BCUT2D eigenvalue weighted by Gasteiger charge is 2.13. The van der Waals surface area contributed by atoms with Gasteiger partial charge in [0.05, 0.1) is 23.8 Å². The van der Waals surface area contributed by atoms with Gasteiger partial charge in [0.15, 0.2) is 0 Å². The number of rotatable bonds is 8. The molecular formula is C24H19ClFN3O3. The van der Waals surface area contributed by atoms with Crippen LogP contribution in [-0.4, -0.2) is 18.4 Å². The largest absolute Gasteiger partial charge is 0.493 e. The van der Waals surface area contributed by atoms with Gasteiger partial charge in [0.2, 0.25) is 0 Å². The molecule has 0 radical (unpaired) electrons. The van der Waals surface area contributed by atoms with Crippen molar-refractivity contribution in [3.63, 3.8) is 0 Å². The fourth-order valence-corrected chi connectivity index (χ4v) is 3.24. The number of carbonyl (C=O) groups excluding carboxylic acids is 2. The van der Waals surface area contributed by atoms with Crippen molar-refractivity contribution in [1.29, 1.82) is 5.26 Å². The van der Waals surface area contributed by atoms with E-state index in [9.17, 15) is 19.2 Å². The van der Waals surface area contributed by atoms with E-state index >= 15 is 0 Å². The third-order valence-electron chi connectivity index (χ3n) is 4.70. The Balaban J connectivity index is 1.70. The van der Waals surface area contributed by atoms with Gasteiger partial charge < -0.3 is 15.8 Å². The first-order valence-corrected chi connectivity index (χ1v) is 10.0. The molecule has 3 aromatic rings. The summed E-state index contributed by atoms with van der Waals surface area (Å²) in [5.41, 5.74) is 6.72. The van der Waals surface area contributed by atoms with Crippen LogP contribution in [0, 0.1) is 17.1 Å². The number of carbonyl (C=O) groups is 2. The predicted octanol–water partition coefficient (Wildman–Crippen LogP) is 4.00. The number of benzene rings is 3. The molecule has 8 heteroatoms. The van der Waals surface area contributed by atoms with Gasteiger partial charge in [-0.3, -0.25) is 9.59 Å². The molecule has 0 saturated carbocycles. The Kier molecular flexibility index (Phi) is 7.42. The van der Waals surface area contributed by atoms with E-state index in [0.717, 1.165) is 0 Å². The van der Waals surface area contributed by atoms with E-state index in [1.807, 2.05) is 6.07 Å². The maximum absolute atomic E-state index is 14.4. The minimum atomic E-state index is -0.843. The summed E-state index contributed by atoms with van der Waals surface area (Å²) in [5, 5.41) is 12.4. The summed E-state index contributed by atoms with van der Waals surface area (Å²) in [4.78, 5) is 23.7. The van der Waals surface area contributed by atoms with Crippen LogP contribution in [0.15, 0.2) is 60.7 Å². The molecule has 162 valence electrons. The number of halogens is 2. The topological polar surface area (TPSA) is 105 Å². The maximum atomic E-state index is 14.4. The van der Waals surface area contributed by atoms with Crippen LogP contribution in [-0.2, 0) is 13.0 Å². The number of hydrogen-bond acceptors (Lipinski definition) is 4. The highest BCUT2D eigenvalue weighted by atomic mass is 35.5. The van der Waals surface area contributed by atoms with E-state index in [4.69, 9.17) is 22.1 Å². The minimum Gasteiger partial charge on any atom is -0.493 e. The molecule has 0 saturated heterocycles. The Bertz CT molecular complexity index is 1210. The molecule has 3 rings (SSSR count). The molecule has 6 nitrogen and oxygen atoms in total. The normalized spacial score (nSPS) is 10.3. The summed E-state index contributed by atoms with van der Waals surface area (Å²) in [6.07, 6.45) is 0.179. The van der Waals surface area contributed by atoms with Gasteiger partial charge in [0.25, 0.3) is 11.8 Å². The molecule has 3 aromatic carbocycles. The summed E-state index contributed by atoms with van der Waals surface area (Å²) < 4.78 is 20.2. The molecule has 0 atom stereocenters. The van der Waals surface area contributed by atoms with Gasteiger partial charge >= 0.3 is 0 Å². The average Bonchev–Trinajstić information content (AvgIpc) is 2.78. The molecule has 0 aromatic heterocycles. The van der Waals surface area contributed by atoms with Gasteiger partial charge in [0.1, 0.15) is 11.6 Å². The molecule has 0 spiro atoms. The monoisotopic (exact) mass is 451 g/mol. The van der Waals surface area contributed by atoms with Crippen LogP contribution >= 0.6 is 11.6 Å². The Morgan fingerprint density at radius 3 is 2.59 bits per heavy atom. The van der Waals surface area contributed by atoms with E-state index in [1.165, 1.54) is 6.07 Å². The van der Waals surface area contributed by atoms with Crippen LogP contribution in [0.25, 0.3) is 0 Å². The zero-order chi connectivity index (χ0) is 23.1. The average molecular weight is 452 g/mol. The van der Waals surface area contributed by atoms with Crippen molar-refractivity contribution < 1.29 is 18.7 Å². The third kappa shape index (κ3) is 5.62. The highest BCUT2D eigenvalue weighted by Crippen LogP contribution is 2.22. The Labute approximate surface area is 189 Å². The molecule has 0 unspecified atom stereocenters. The van der Waals surface area contributed by atoms with Gasteiger partial charge in [-0.1, -0.05) is 35.9 Å². The lowest BCUT2D eigenvalue weighted by Gasteiger charge is -2.14. The van der Waals surface area contributed by atoms with E-state index in [2.05, 4.69) is 5.32 Å². The molecule has 0 aliphatic rings.